The molecule has 1 heterocycles. The highest BCUT2D eigenvalue weighted by Crippen LogP contribution is 2.27. The summed E-state index contributed by atoms with van der Waals surface area (Å²) >= 11 is 0. The Labute approximate surface area is 89.4 Å². The molecule has 15 heavy (non-hydrogen) atoms. The molecule has 1 aliphatic rings. The number of morpholine rings is 1. The molecule has 2 rings (SSSR count). The van der Waals surface area contributed by atoms with Crippen LogP contribution in [-0.4, -0.2) is 19.7 Å². The van der Waals surface area contributed by atoms with Gasteiger partial charge in [-0.05, 0) is 31.0 Å². The van der Waals surface area contributed by atoms with Gasteiger partial charge in [0.2, 0.25) is 0 Å². The monoisotopic (exact) mass is 209 g/mol. The summed E-state index contributed by atoms with van der Waals surface area (Å²) in [6.45, 7) is 6.14. The lowest BCUT2D eigenvalue weighted by atomic mass is 9.98. The summed E-state index contributed by atoms with van der Waals surface area (Å²) in [6.07, 6.45) is -0.140. The summed E-state index contributed by atoms with van der Waals surface area (Å²) in [5.41, 5.74) is 2.83. The number of rotatable bonds is 1. The van der Waals surface area contributed by atoms with Crippen molar-refractivity contribution in [1.29, 1.82) is 0 Å². The van der Waals surface area contributed by atoms with Crippen LogP contribution in [0.2, 0.25) is 0 Å². The molecule has 1 unspecified atom stereocenters. The fraction of sp³-hybridized carbons (Fsp3) is 0.500. The zero-order valence-corrected chi connectivity index (χ0v) is 9.14. The normalized spacial score (nSPS) is 21.7. The van der Waals surface area contributed by atoms with Crippen molar-refractivity contribution >= 4 is 0 Å². The molecule has 0 saturated carbocycles. The van der Waals surface area contributed by atoms with Gasteiger partial charge in [-0.15, -0.1) is 0 Å². The first-order valence-electron chi connectivity index (χ1n) is 5.28. The summed E-state index contributed by atoms with van der Waals surface area (Å²) in [5, 5.41) is 3.22. The molecule has 1 N–H and O–H groups in total. The highest BCUT2D eigenvalue weighted by atomic mass is 19.1. The predicted molar refractivity (Wildman–Crippen MR) is 57.4 cm³/mol. The third-order valence-corrected chi connectivity index (χ3v) is 2.98. The van der Waals surface area contributed by atoms with Gasteiger partial charge in [-0.2, -0.15) is 0 Å². The van der Waals surface area contributed by atoms with Crippen molar-refractivity contribution in [1.82, 2.24) is 5.32 Å². The summed E-state index contributed by atoms with van der Waals surface area (Å²) in [4.78, 5) is 0. The molecule has 0 bridgehead atoms. The Kier molecular flexibility index (Phi) is 3.03. The third kappa shape index (κ3) is 2.03. The van der Waals surface area contributed by atoms with Crippen LogP contribution in [0.25, 0.3) is 0 Å². The van der Waals surface area contributed by atoms with Crippen LogP contribution < -0.4 is 5.32 Å². The number of nitrogens with one attached hydrogen (secondary N) is 1. The quantitative estimate of drug-likeness (QED) is 0.764. The Morgan fingerprint density at radius 2 is 2.20 bits per heavy atom. The summed E-state index contributed by atoms with van der Waals surface area (Å²) in [5.74, 6) is -0.160. The second kappa shape index (κ2) is 4.29. The van der Waals surface area contributed by atoms with Crippen molar-refractivity contribution in [3.05, 3.63) is 34.6 Å². The zero-order chi connectivity index (χ0) is 10.8. The van der Waals surface area contributed by atoms with Gasteiger partial charge in [0, 0.05) is 18.7 Å². The van der Waals surface area contributed by atoms with E-state index >= 15 is 0 Å². The van der Waals surface area contributed by atoms with E-state index < -0.39 is 0 Å². The fourth-order valence-corrected chi connectivity index (χ4v) is 1.95. The predicted octanol–water partition coefficient (Wildman–Crippen LogP) is 2.10. The van der Waals surface area contributed by atoms with Crippen molar-refractivity contribution in [3.63, 3.8) is 0 Å². The van der Waals surface area contributed by atoms with Crippen molar-refractivity contribution in [3.8, 4) is 0 Å². The maximum atomic E-state index is 13.7. The molecule has 1 fully saturated rings. The Hall–Kier alpha value is -0.930. The van der Waals surface area contributed by atoms with E-state index in [1.165, 1.54) is 6.07 Å². The van der Waals surface area contributed by atoms with Crippen LogP contribution in [0.4, 0.5) is 4.39 Å². The van der Waals surface area contributed by atoms with E-state index in [1.807, 2.05) is 19.9 Å². The Bertz CT molecular complexity index is 359. The molecule has 1 aliphatic heterocycles. The summed E-state index contributed by atoms with van der Waals surface area (Å²) in [6, 6.07) is 3.33. The number of halogens is 1. The molecule has 0 amide bonds. The fourth-order valence-electron chi connectivity index (χ4n) is 1.95. The van der Waals surface area contributed by atoms with Gasteiger partial charge in [-0.25, -0.2) is 4.39 Å². The second-order valence-corrected chi connectivity index (χ2v) is 3.97. The van der Waals surface area contributed by atoms with E-state index in [4.69, 9.17) is 4.74 Å². The number of benzene rings is 1. The van der Waals surface area contributed by atoms with E-state index in [0.717, 1.165) is 17.7 Å². The molecule has 1 aromatic carbocycles. The molecular formula is C12H16FNO. The second-order valence-electron chi connectivity index (χ2n) is 3.97. The van der Waals surface area contributed by atoms with Crippen LogP contribution in [0.5, 0.6) is 0 Å². The van der Waals surface area contributed by atoms with Crippen LogP contribution in [-0.2, 0) is 4.74 Å². The highest BCUT2D eigenvalue weighted by Gasteiger charge is 2.21. The van der Waals surface area contributed by atoms with Crippen molar-refractivity contribution in [2.45, 2.75) is 20.0 Å². The SMILES string of the molecule is Cc1ccc(F)c(C2CNCCO2)c1C. The third-order valence-electron chi connectivity index (χ3n) is 2.98. The molecule has 1 atom stereocenters. The van der Waals surface area contributed by atoms with Crippen LogP contribution in [0.1, 0.15) is 22.8 Å². The van der Waals surface area contributed by atoms with E-state index in [9.17, 15) is 4.39 Å². The molecule has 1 aromatic rings. The van der Waals surface area contributed by atoms with Gasteiger partial charge in [0.15, 0.2) is 0 Å². The van der Waals surface area contributed by atoms with Crippen molar-refractivity contribution in [2.75, 3.05) is 19.7 Å². The van der Waals surface area contributed by atoms with Gasteiger partial charge in [0.25, 0.3) is 0 Å². The van der Waals surface area contributed by atoms with E-state index in [0.29, 0.717) is 18.7 Å². The molecule has 2 nitrogen and oxygen atoms in total. The van der Waals surface area contributed by atoms with Gasteiger partial charge < -0.3 is 10.1 Å². The molecular weight excluding hydrogens is 193 g/mol. The van der Waals surface area contributed by atoms with Crippen molar-refractivity contribution < 1.29 is 9.13 Å². The van der Waals surface area contributed by atoms with Crippen LogP contribution in [0, 0.1) is 19.7 Å². The molecule has 0 spiro atoms. The van der Waals surface area contributed by atoms with E-state index in [1.54, 1.807) is 0 Å². The zero-order valence-electron chi connectivity index (χ0n) is 9.14. The lowest BCUT2D eigenvalue weighted by Crippen LogP contribution is -2.34. The first-order valence-corrected chi connectivity index (χ1v) is 5.28. The van der Waals surface area contributed by atoms with E-state index in [-0.39, 0.29) is 11.9 Å². The lowest BCUT2D eigenvalue weighted by Gasteiger charge is -2.26. The molecule has 82 valence electrons. The van der Waals surface area contributed by atoms with Crippen molar-refractivity contribution in [2.24, 2.45) is 0 Å². The topological polar surface area (TPSA) is 21.3 Å². The average Bonchev–Trinajstić information content (AvgIpc) is 2.26. The number of hydrogen-bond donors (Lipinski definition) is 1. The molecule has 0 radical (unpaired) electrons. The van der Waals surface area contributed by atoms with Gasteiger partial charge >= 0.3 is 0 Å². The van der Waals surface area contributed by atoms with Gasteiger partial charge in [-0.3, -0.25) is 0 Å². The minimum absolute atomic E-state index is 0.140. The first kappa shape index (κ1) is 10.6. The van der Waals surface area contributed by atoms with Gasteiger partial charge in [0.05, 0.1) is 12.7 Å². The largest absolute Gasteiger partial charge is 0.371 e. The molecule has 3 heteroatoms. The minimum Gasteiger partial charge on any atom is -0.371 e. The number of ether oxygens (including phenoxy) is 1. The van der Waals surface area contributed by atoms with Gasteiger partial charge in [0.1, 0.15) is 5.82 Å². The van der Waals surface area contributed by atoms with Crippen LogP contribution >= 0.6 is 0 Å². The van der Waals surface area contributed by atoms with Gasteiger partial charge in [-0.1, -0.05) is 6.07 Å². The van der Waals surface area contributed by atoms with E-state index in [2.05, 4.69) is 5.32 Å². The number of aryl methyl sites for hydroxylation is 1. The molecule has 0 aromatic heterocycles. The minimum atomic E-state index is -0.160. The molecule has 0 aliphatic carbocycles. The maximum absolute atomic E-state index is 13.7. The number of hydrogen-bond acceptors (Lipinski definition) is 2. The Morgan fingerprint density at radius 3 is 2.87 bits per heavy atom. The Morgan fingerprint density at radius 1 is 1.40 bits per heavy atom. The summed E-state index contributed by atoms with van der Waals surface area (Å²) < 4.78 is 19.3. The van der Waals surface area contributed by atoms with Crippen LogP contribution in [0.3, 0.4) is 0 Å². The lowest BCUT2D eigenvalue weighted by molar-refractivity contribution is 0.0251. The highest BCUT2D eigenvalue weighted by molar-refractivity contribution is 5.36. The maximum Gasteiger partial charge on any atom is 0.129 e. The standard InChI is InChI=1S/C12H16FNO/c1-8-3-4-10(13)12(9(8)2)11-7-14-5-6-15-11/h3-4,11,14H,5-7H2,1-2H3. The average molecular weight is 209 g/mol. The van der Waals surface area contributed by atoms with Crippen LogP contribution in [0.15, 0.2) is 12.1 Å². The smallest absolute Gasteiger partial charge is 0.129 e. The Balaban J connectivity index is 2.36. The first-order chi connectivity index (χ1) is 7.20. The summed E-state index contributed by atoms with van der Waals surface area (Å²) in [7, 11) is 0. The molecule has 1 saturated heterocycles.